The third-order valence-corrected chi connectivity index (χ3v) is 5.10. The van der Waals surface area contributed by atoms with E-state index in [9.17, 15) is 13.2 Å². The lowest BCUT2D eigenvalue weighted by Crippen LogP contribution is -2.13. The van der Waals surface area contributed by atoms with E-state index in [0.29, 0.717) is 33.0 Å². The molecule has 0 saturated heterocycles. The molecule has 1 fully saturated rings. The van der Waals surface area contributed by atoms with Crippen molar-refractivity contribution < 1.29 is 32.1 Å². The minimum atomic E-state index is -1.47. The number of rotatable bonds is 14. The lowest BCUT2D eigenvalue weighted by Gasteiger charge is -2.14. The van der Waals surface area contributed by atoms with E-state index in [4.69, 9.17) is 18.9 Å². The van der Waals surface area contributed by atoms with E-state index in [0.717, 1.165) is 36.9 Å². The van der Waals surface area contributed by atoms with Gasteiger partial charge in [-0.15, -0.1) is 0 Å². The Bertz CT molecular complexity index is 553. The van der Waals surface area contributed by atoms with E-state index in [1.807, 2.05) is 0 Å². The summed E-state index contributed by atoms with van der Waals surface area (Å²) in [6.07, 6.45) is 5.17. The van der Waals surface area contributed by atoms with Crippen LogP contribution in [0.5, 0.6) is 0 Å². The second-order valence-corrected chi connectivity index (χ2v) is 7.22. The van der Waals surface area contributed by atoms with Gasteiger partial charge in [-0.25, -0.2) is 13.2 Å². The molecule has 1 aliphatic carbocycles. The fraction of sp³-hybridized carbons (Fsp3) is 0.700. The van der Waals surface area contributed by atoms with Gasteiger partial charge in [-0.05, 0) is 30.0 Å². The van der Waals surface area contributed by atoms with Crippen LogP contribution in [0.2, 0.25) is 5.82 Å². The highest BCUT2D eigenvalue weighted by Crippen LogP contribution is 2.36. The van der Waals surface area contributed by atoms with E-state index in [1.54, 1.807) is 0 Å². The zero-order chi connectivity index (χ0) is 20.2. The van der Waals surface area contributed by atoms with Gasteiger partial charge in [0.25, 0.3) is 0 Å². The standard InChI is InChI=1S/C20H30BF3O4/c21-17-3-1-2-16(17)4-5-25-6-7-26-8-9-27-10-11-28-14-15-12-18(22)20(24)19(23)13-15/h12-13,16-17H,1-11,14,21H2. The molecule has 0 bridgehead atoms. The second kappa shape index (κ2) is 13.2. The molecule has 0 amide bonds. The molecular formula is C20H30BF3O4. The van der Waals surface area contributed by atoms with Crippen molar-refractivity contribution >= 4 is 7.85 Å². The normalized spacial score (nSPS) is 19.4. The van der Waals surface area contributed by atoms with Gasteiger partial charge in [-0.1, -0.05) is 25.1 Å². The molecule has 2 rings (SSSR count). The van der Waals surface area contributed by atoms with Gasteiger partial charge < -0.3 is 18.9 Å². The Labute approximate surface area is 166 Å². The Kier molecular flexibility index (Phi) is 10.9. The number of halogens is 3. The summed E-state index contributed by atoms with van der Waals surface area (Å²) >= 11 is 0. The average Bonchev–Trinajstić information content (AvgIpc) is 3.08. The summed E-state index contributed by atoms with van der Waals surface area (Å²) in [6, 6.07) is 1.84. The van der Waals surface area contributed by atoms with Crippen molar-refractivity contribution in [3.63, 3.8) is 0 Å². The van der Waals surface area contributed by atoms with Gasteiger partial charge in [0.2, 0.25) is 0 Å². The van der Waals surface area contributed by atoms with Gasteiger partial charge >= 0.3 is 0 Å². The predicted octanol–water partition coefficient (Wildman–Crippen LogP) is 3.28. The molecule has 1 aliphatic rings. The summed E-state index contributed by atoms with van der Waals surface area (Å²) in [6.45, 7) is 3.44. The Morgan fingerprint density at radius 2 is 1.32 bits per heavy atom. The van der Waals surface area contributed by atoms with Crippen LogP contribution >= 0.6 is 0 Å². The van der Waals surface area contributed by atoms with E-state index >= 15 is 0 Å². The molecule has 0 spiro atoms. The Balaban J connectivity index is 1.35. The number of hydrogen-bond acceptors (Lipinski definition) is 4. The highest BCUT2D eigenvalue weighted by molar-refractivity contribution is 6.11. The van der Waals surface area contributed by atoms with E-state index in [1.165, 1.54) is 19.3 Å². The highest BCUT2D eigenvalue weighted by atomic mass is 19.2. The molecule has 0 radical (unpaired) electrons. The molecule has 0 aliphatic heterocycles. The van der Waals surface area contributed by atoms with Gasteiger partial charge in [0, 0.05) is 6.61 Å². The van der Waals surface area contributed by atoms with Crippen LogP contribution in [-0.2, 0) is 25.6 Å². The van der Waals surface area contributed by atoms with Crippen LogP contribution in [-0.4, -0.2) is 54.1 Å². The average molecular weight is 402 g/mol. The summed E-state index contributed by atoms with van der Waals surface area (Å²) < 4.78 is 60.6. The molecular weight excluding hydrogens is 372 g/mol. The quantitative estimate of drug-likeness (QED) is 0.272. The van der Waals surface area contributed by atoms with Crippen LogP contribution in [0.1, 0.15) is 31.2 Å². The fourth-order valence-corrected chi connectivity index (χ4v) is 3.43. The highest BCUT2D eigenvalue weighted by Gasteiger charge is 2.22. The SMILES string of the molecule is BC1CCCC1CCOCCOCCOCCOCc1cc(F)c(F)c(F)c1. The van der Waals surface area contributed by atoms with Crippen LogP contribution in [0.15, 0.2) is 12.1 Å². The number of ether oxygens (including phenoxy) is 4. The molecule has 8 heteroatoms. The maximum Gasteiger partial charge on any atom is 0.194 e. The smallest absolute Gasteiger partial charge is 0.194 e. The third-order valence-electron chi connectivity index (χ3n) is 5.10. The lowest BCUT2D eigenvalue weighted by molar-refractivity contribution is -0.00517. The van der Waals surface area contributed by atoms with Gasteiger partial charge in [-0.3, -0.25) is 0 Å². The molecule has 1 aromatic carbocycles. The lowest BCUT2D eigenvalue weighted by atomic mass is 9.78. The molecule has 0 N–H and O–H groups in total. The van der Waals surface area contributed by atoms with Crippen LogP contribution in [0.4, 0.5) is 13.2 Å². The molecule has 0 aromatic heterocycles. The van der Waals surface area contributed by atoms with Crippen molar-refractivity contribution in [3.8, 4) is 0 Å². The van der Waals surface area contributed by atoms with Gasteiger partial charge in [0.15, 0.2) is 17.5 Å². The minimum Gasteiger partial charge on any atom is -0.379 e. The molecule has 2 unspecified atom stereocenters. The van der Waals surface area contributed by atoms with Crippen molar-refractivity contribution in [2.24, 2.45) is 5.92 Å². The summed E-state index contributed by atoms with van der Waals surface area (Å²) in [4.78, 5) is 0. The molecule has 0 heterocycles. The van der Waals surface area contributed by atoms with Crippen molar-refractivity contribution in [1.82, 2.24) is 0 Å². The Morgan fingerprint density at radius 3 is 1.86 bits per heavy atom. The van der Waals surface area contributed by atoms with Gasteiger partial charge in [-0.2, -0.15) is 0 Å². The zero-order valence-corrected chi connectivity index (χ0v) is 16.6. The first-order valence-electron chi connectivity index (χ1n) is 10.0. The molecule has 4 nitrogen and oxygen atoms in total. The summed E-state index contributed by atoms with van der Waals surface area (Å²) in [7, 11) is 2.33. The van der Waals surface area contributed by atoms with Crippen LogP contribution in [0.25, 0.3) is 0 Å². The largest absolute Gasteiger partial charge is 0.379 e. The van der Waals surface area contributed by atoms with Crippen LogP contribution < -0.4 is 0 Å². The number of benzene rings is 1. The van der Waals surface area contributed by atoms with Crippen molar-refractivity contribution in [2.45, 2.75) is 38.1 Å². The fourth-order valence-electron chi connectivity index (χ4n) is 3.43. The third kappa shape index (κ3) is 8.51. The van der Waals surface area contributed by atoms with Crippen molar-refractivity contribution in [2.75, 3.05) is 46.2 Å². The second-order valence-electron chi connectivity index (χ2n) is 7.22. The van der Waals surface area contributed by atoms with Gasteiger partial charge in [0.05, 0.1) is 46.2 Å². The maximum atomic E-state index is 13.1. The van der Waals surface area contributed by atoms with Crippen molar-refractivity contribution in [3.05, 3.63) is 35.1 Å². The summed E-state index contributed by atoms with van der Waals surface area (Å²) in [5.74, 6) is -2.26. The zero-order valence-electron chi connectivity index (χ0n) is 16.6. The molecule has 2 atom stereocenters. The molecule has 1 saturated carbocycles. The van der Waals surface area contributed by atoms with Crippen molar-refractivity contribution in [1.29, 1.82) is 0 Å². The molecule has 28 heavy (non-hydrogen) atoms. The van der Waals surface area contributed by atoms with Gasteiger partial charge in [0.1, 0.15) is 7.85 Å². The first-order valence-corrected chi connectivity index (χ1v) is 10.0. The topological polar surface area (TPSA) is 36.9 Å². The minimum absolute atomic E-state index is 0.00897. The van der Waals surface area contributed by atoms with E-state index in [-0.39, 0.29) is 18.8 Å². The molecule has 1 aromatic rings. The van der Waals surface area contributed by atoms with Crippen LogP contribution in [0.3, 0.4) is 0 Å². The van der Waals surface area contributed by atoms with Crippen LogP contribution in [0, 0.1) is 23.4 Å². The summed E-state index contributed by atoms with van der Waals surface area (Å²) in [5, 5.41) is 0. The van der Waals surface area contributed by atoms with E-state index in [2.05, 4.69) is 7.85 Å². The Morgan fingerprint density at radius 1 is 0.786 bits per heavy atom. The molecule has 158 valence electrons. The Hall–Kier alpha value is -1.09. The predicted molar refractivity (Wildman–Crippen MR) is 103 cm³/mol. The summed E-state index contributed by atoms with van der Waals surface area (Å²) in [5.41, 5.74) is 0.238. The number of hydrogen-bond donors (Lipinski definition) is 0. The first-order chi connectivity index (χ1) is 13.6. The van der Waals surface area contributed by atoms with E-state index < -0.39 is 17.5 Å². The maximum absolute atomic E-state index is 13.1. The monoisotopic (exact) mass is 402 g/mol. The first kappa shape index (κ1) is 23.2.